The molecular weight excluding hydrogens is 823 g/mol. The molecule has 8 rings (SSSR count). The molecule has 3 heterocycles. The lowest BCUT2D eigenvalue weighted by atomic mass is 10.0. The molecule has 5 aromatic carbocycles. The van der Waals surface area contributed by atoms with E-state index in [4.69, 9.17) is 24.7 Å². The molecule has 0 spiro atoms. The predicted molar refractivity (Wildman–Crippen MR) is 225 cm³/mol. The number of nitro groups is 1. The molecule has 0 saturated carbocycles. The third kappa shape index (κ3) is 10.4. The molecule has 5 aromatic rings. The lowest BCUT2D eigenvalue weighted by molar-refractivity contribution is -0.385. The van der Waals surface area contributed by atoms with E-state index < -0.39 is 52.4 Å². The number of amides is 2. The zero-order valence-corrected chi connectivity index (χ0v) is 33.6. The van der Waals surface area contributed by atoms with E-state index in [0.29, 0.717) is 22.4 Å². The standard InChI is InChI=1S/C24H19FN2O6.C17H15FN2O4.C4H8O.CH4/c1-32-24(29)22(26-13-16-8-5-9-19(27(30)31)21(16)23(26)28)18-12-17(25)10-11-20(18)33-14-15-6-3-2-4-7-15;1-24-17(23)15(11-7-10(18)5-6-13(11)21)20-8-9-3-2-4-12(19)14(9)16(20)22;1-2-4-5-3-1;/h2-12,22H,13-14H2,1H3;2-7,15,21H,8,19H2,1H3;1-4H2;1H4. The molecule has 0 radical (unpaired) electrons. The zero-order chi connectivity index (χ0) is 44.5. The summed E-state index contributed by atoms with van der Waals surface area (Å²) in [4.78, 5) is 64.1. The molecule has 1 fully saturated rings. The highest BCUT2D eigenvalue weighted by Gasteiger charge is 2.43. The number of esters is 2. The number of nitro benzene ring substituents is 1. The van der Waals surface area contributed by atoms with Crippen LogP contribution in [0.15, 0.2) is 103 Å². The average Bonchev–Trinajstić information content (AvgIpc) is 4.04. The Balaban J connectivity index is 0.000000218. The molecular formula is C46H46F2N4O11. The van der Waals surface area contributed by atoms with E-state index in [1.54, 1.807) is 24.3 Å². The Morgan fingerprint density at radius 2 is 1.32 bits per heavy atom. The summed E-state index contributed by atoms with van der Waals surface area (Å²) in [7, 11) is 2.31. The van der Waals surface area contributed by atoms with Gasteiger partial charge in [0.2, 0.25) is 0 Å². The number of hydrogen-bond donors (Lipinski definition) is 2. The number of phenols is 1. The number of methoxy groups -OCH3 is 2. The number of rotatable bonds is 10. The van der Waals surface area contributed by atoms with Gasteiger partial charge in [-0.3, -0.25) is 19.7 Å². The van der Waals surface area contributed by atoms with Crippen LogP contribution in [0.5, 0.6) is 11.5 Å². The third-order valence-electron chi connectivity index (χ3n) is 10.2. The van der Waals surface area contributed by atoms with E-state index >= 15 is 0 Å². The minimum absolute atomic E-state index is 0. The molecule has 0 bridgehead atoms. The van der Waals surface area contributed by atoms with Crippen LogP contribution in [-0.4, -0.2) is 71.0 Å². The number of nitrogens with two attached hydrogens (primary N) is 1. The Bertz CT molecular complexity index is 2480. The van der Waals surface area contributed by atoms with Gasteiger partial charge in [0.25, 0.3) is 17.5 Å². The van der Waals surface area contributed by atoms with Crippen molar-refractivity contribution < 1.29 is 56.9 Å². The molecule has 330 valence electrons. The summed E-state index contributed by atoms with van der Waals surface area (Å²) in [6.07, 6.45) is 2.56. The summed E-state index contributed by atoms with van der Waals surface area (Å²) in [5, 5.41) is 21.5. The van der Waals surface area contributed by atoms with Crippen LogP contribution in [0, 0.1) is 21.7 Å². The number of ether oxygens (including phenoxy) is 4. The predicted octanol–water partition coefficient (Wildman–Crippen LogP) is 7.60. The second kappa shape index (κ2) is 20.9. The highest BCUT2D eigenvalue weighted by Crippen LogP contribution is 2.40. The zero-order valence-electron chi connectivity index (χ0n) is 33.6. The van der Waals surface area contributed by atoms with Gasteiger partial charge in [-0.2, -0.15) is 0 Å². The first-order valence-electron chi connectivity index (χ1n) is 19.3. The molecule has 15 nitrogen and oxygen atoms in total. The molecule has 0 aliphatic carbocycles. The van der Waals surface area contributed by atoms with Crippen LogP contribution in [0.2, 0.25) is 0 Å². The van der Waals surface area contributed by atoms with Gasteiger partial charge in [0.1, 0.15) is 35.3 Å². The van der Waals surface area contributed by atoms with Crippen molar-refractivity contribution in [3.63, 3.8) is 0 Å². The second-order valence-corrected chi connectivity index (χ2v) is 14.1. The molecule has 63 heavy (non-hydrogen) atoms. The van der Waals surface area contributed by atoms with Gasteiger partial charge in [-0.1, -0.05) is 62.0 Å². The van der Waals surface area contributed by atoms with Crippen molar-refractivity contribution >= 4 is 35.1 Å². The summed E-state index contributed by atoms with van der Waals surface area (Å²) in [6.45, 7) is 2.17. The van der Waals surface area contributed by atoms with Gasteiger partial charge in [-0.05, 0) is 72.0 Å². The molecule has 3 aliphatic rings. The lowest BCUT2D eigenvalue weighted by Gasteiger charge is -2.27. The van der Waals surface area contributed by atoms with Crippen molar-refractivity contribution in [1.29, 1.82) is 0 Å². The summed E-state index contributed by atoms with van der Waals surface area (Å²) >= 11 is 0. The van der Waals surface area contributed by atoms with E-state index in [2.05, 4.69) is 0 Å². The molecule has 2 unspecified atom stereocenters. The first kappa shape index (κ1) is 46.7. The molecule has 3 aliphatic heterocycles. The fraction of sp³-hybridized carbons (Fsp3) is 0.261. The third-order valence-corrected chi connectivity index (χ3v) is 10.2. The Hall–Kier alpha value is -7.40. The highest BCUT2D eigenvalue weighted by molar-refractivity contribution is 6.05. The van der Waals surface area contributed by atoms with Gasteiger partial charge >= 0.3 is 11.9 Å². The number of carbonyl (C=O) groups is 4. The molecule has 2 atom stereocenters. The number of aromatic hydroxyl groups is 1. The fourth-order valence-corrected chi connectivity index (χ4v) is 7.27. The maximum atomic E-state index is 14.3. The number of nitrogen functional groups attached to an aromatic ring is 1. The maximum Gasteiger partial charge on any atom is 0.333 e. The molecule has 0 aromatic heterocycles. The van der Waals surface area contributed by atoms with Gasteiger partial charge < -0.3 is 39.6 Å². The Labute approximate surface area is 361 Å². The first-order valence-corrected chi connectivity index (χ1v) is 19.3. The van der Waals surface area contributed by atoms with Crippen molar-refractivity contribution in [2.24, 2.45) is 0 Å². The fourth-order valence-electron chi connectivity index (χ4n) is 7.27. The largest absolute Gasteiger partial charge is 0.508 e. The van der Waals surface area contributed by atoms with E-state index in [1.807, 2.05) is 30.3 Å². The Morgan fingerprint density at radius 3 is 1.87 bits per heavy atom. The van der Waals surface area contributed by atoms with E-state index in [0.717, 1.165) is 62.2 Å². The monoisotopic (exact) mass is 868 g/mol. The van der Waals surface area contributed by atoms with Crippen molar-refractivity contribution in [2.45, 2.75) is 52.0 Å². The molecule has 3 N–H and O–H groups in total. The van der Waals surface area contributed by atoms with Gasteiger partial charge in [0.05, 0.1) is 24.7 Å². The van der Waals surface area contributed by atoms with Gasteiger partial charge in [0, 0.05) is 49.2 Å². The SMILES string of the molecule is C.C1CCOC1.COC(=O)C(c1cc(F)ccc1O)N1Cc2cccc(N)c2C1=O.COC(=O)C(c1cc(F)ccc1OCc1ccccc1)N1Cc2cccc([N+](=O)[O-])c2C1=O. The van der Waals surface area contributed by atoms with Crippen LogP contribution < -0.4 is 10.5 Å². The quantitative estimate of drug-likeness (QED) is 0.0604. The van der Waals surface area contributed by atoms with Gasteiger partial charge in [0.15, 0.2) is 12.1 Å². The highest BCUT2D eigenvalue weighted by atomic mass is 19.1. The van der Waals surface area contributed by atoms with Crippen LogP contribution in [-0.2, 0) is 43.5 Å². The summed E-state index contributed by atoms with van der Waals surface area (Å²) in [5.74, 6) is -4.18. The van der Waals surface area contributed by atoms with Gasteiger partial charge in [-0.25, -0.2) is 18.4 Å². The normalized spacial score (nSPS) is 14.4. The number of anilines is 1. The summed E-state index contributed by atoms with van der Waals surface area (Å²) < 4.78 is 48.3. The van der Waals surface area contributed by atoms with Gasteiger partial charge in [-0.15, -0.1) is 0 Å². The smallest absolute Gasteiger partial charge is 0.333 e. The molecule has 17 heteroatoms. The number of nitrogens with zero attached hydrogens (tertiary/aromatic N) is 3. The second-order valence-electron chi connectivity index (χ2n) is 14.1. The van der Waals surface area contributed by atoms with E-state index in [1.165, 1.54) is 42.0 Å². The molecule has 1 saturated heterocycles. The minimum Gasteiger partial charge on any atom is -0.508 e. The number of hydrogen-bond acceptors (Lipinski definition) is 12. The summed E-state index contributed by atoms with van der Waals surface area (Å²) in [5.41, 5.74) is 7.95. The van der Waals surface area contributed by atoms with Crippen molar-refractivity contribution in [3.05, 3.63) is 164 Å². The minimum atomic E-state index is -1.36. The van der Waals surface area contributed by atoms with Crippen LogP contribution in [0.1, 0.15) is 80.9 Å². The molecule has 2 amide bonds. The van der Waals surface area contributed by atoms with E-state index in [9.17, 15) is 43.2 Å². The number of benzene rings is 5. The average molecular weight is 869 g/mol. The Kier molecular flexibility index (Phi) is 15.5. The van der Waals surface area contributed by atoms with E-state index in [-0.39, 0.29) is 61.0 Å². The number of phenolic OH excluding ortho intramolecular Hbond substituents is 1. The van der Waals surface area contributed by atoms with Crippen LogP contribution >= 0.6 is 0 Å². The van der Waals surface area contributed by atoms with Crippen molar-refractivity contribution in [2.75, 3.05) is 33.2 Å². The Morgan fingerprint density at radius 1 is 0.778 bits per heavy atom. The number of halogens is 2. The number of fused-ring (bicyclic) bond motifs is 2. The maximum absolute atomic E-state index is 14.3. The topological polar surface area (TPSA) is 201 Å². The summed E-state index contributed by atoms with van der Waals surface area (Å²) in [6, 6.07) is 22.8. The van der Waals surface area contributed by atoms with Crippen LogP contribution in [0.25, 0.3) is 0 Å². The number of carbonyl (C=O) groups excluding carboxylic acids is 4. The van der Waals surface area contributed by atoms with Crippen LogP contribution in [0.4, 0.5) is 20.2 Å². The van der Waals surface area contributed by atoms with Crippen LogP contribution in [0.3, 0.4) is 0 Å². The lowest BCUT2D eigenvalue weighted by Crippen LogP contribution is -2.35. The first-order chi connectivity index (χ1) is 29.8. The van der Waals surface area contributed by atoms with Crippen molar-refractivity contribution in [1.82, 2.24) is 9.80 Å². The van der Waals surface area contributed by atoms with Crippen molar-refractivity contribution in [3.8, 4) is 11.5 Å².